The van der Waals surface area contributed by atoms with Crippen molar-refractivity contribution in [3.05, 3.63) is 41.3 Å². The Bertz CT molecular complexity index is 808. The Morgan fingerprint density at radius 3 is 2.91 bits per heavy atom. The Morgan fingerprint density at radius 1 is 1.36 bits per heavy atom. The number of aromatic nitrogens is 5. The van der Waals surface area contributed by atoms with Gasteiger partial charge < -0.3 is 9.42 Å². The summed E-state index contributed by atoms with van der Waals surface area (Å²) in [5.74, 6) is 0.880. The molecule has 0 aliphatic heterocycles. The van der Waals surface area contributed by atoms with Gasteiger partial charge in [0.05, 0.1) is 13.0 Å². The Labute approximate surface area is 126 Å². The molecule has 114 valence electrons. The van der Waals surface area contributed by atoms with Crippen molar-refractivity contribution in [3.63, 3.8) is 0 Å². The molecule has 0 aliphatic rings. The molecule has 0 atom stereocenters. The van der Waals surface area contributed by atoms with Crippen molar-refractivity contribution >= 4 is 11.7 Å². The Balaban J connectivity index is 1.75. The summed E-state index contributed by atoms with van der Waals surface area (Å²) in [6.07, 6.45) is 1.60. The maximum Gasteiger partial charge on any atom is 0.252 e. The molecular formula is C14H16N6O2. The molecule has 0 aliphatic carbocycles. The van der Waals surface area contributed by atoms with Crippen LogP contribution in [0.2, 0.25) is 0 Å². The standard InChI is InChI=1S/C14H16N6O2/c1-9-6-10(2)20-14(15-9)16-12(17-20)7-13(21)19(3)8-11-4-5-22-18-11/h4-6H,7-8H2,1-3H3. The van der Waals surface area contributed by atoms with Gasteiger partial charge in [-0.25, -0.2) is 9.50 Å². The van der Waals surface area contributed by atoms with Crippen molar-refractivity contribution in [2.45, 2.75) is 26.8 Å². The molecule has 0 N–H and O–H groups in total. The molecule has 1 amide bonds. The van der Waals surface area contributed by atoms with E-state index in [-0.39, 0.29) is 12.3 Å². The molecule has 22 heavy (non-hydrogen) atoms. The number of fused-ring (bicyclic) bond motifs is 1. The van der Waals surface area contributed by atoms with E-state index < -0.39 is 0 Å². The molecule has 8 nitrogen and oxygen atoms in total. The third kappa shape index (κ3) is 2.80. The number of aryl methyl sites for hydroxylation is 2. The molecule has 0 unspecified atom stereocenters. The van der Waals surface area contributed by atoms with E-state index >= 15 is 0 Å². The van der Waals surface area contributed by atoms with Gasteiger partial charge in [0.15, 0.2) is 5.82 Å². The molecule has 0 spiro atoms. The summed E-state index contributed by atoms with van der Waals surface area (Å²) >= 11 is 0. The van der Waals surface area contributed by atoms with E-state index in [0.717, 1.165) is 11.4 Å². The van der Waals surface area contributed by atoms with Gasteiger partial charge in [0.2, 0.25) is 5.91 Å². The highest BCUT2D eigenvalue weighted by molar-refractivity contribution is 5.77. The lowest BCUT2D eigenvalue weighted by Gasteiger charge is -2.14. The Hall–Kier alpha value is -2.77. The average Bonchev–Trinajstić information content (AvgIpc) is 3.07. The molecule has 3 rings (SSSR count). The molecule has 3 aromatic heterocycles. The maximum atomic E-state index is 12.2. The number of carbonyl (C=O) groups excluding carboxylic acids is 1. The SMILES string of the molecule is Cc1cc(C)n2nc(CC(=O)N(C)Cc3ccon3)nc2n1. The largest absolute Gasteiger partial charge is 0.364 e. The second kappa shape index (κ2) is 5.55. The quantitative estimate of drug-likeness (QED) is 0.712. The highest BCUT2D eigenvalue weighted by Gasteiger charge is 2.16. The van der Waals surface area contributed by atoms with Crippen LogP contribution in [0.15, 0.2) is 22.9 Å². The smallest absolute Gasteiger partial charge is 0.252 e. The Morgan fingerprint density at radius 2 is 2.18 bits per heavy atom. The molecule has 3 aromatic rings. The summed E-state index contributed by atoms with van der Waals surface area (Å²) in [6, 6.07) is 3.65. The molecular weight excluding hydrogens is 284 g/mol. The van der Waals surface area contributed by atoms with Crippen LogP contribution >= 0.6 is 0 Å². The summed E-state index contributed by atoms with van der Waals surface area (Å²) in [5.41, 5.74) is 2.51. The van der Waals surface area contributed by atoms with E-state index in [1.165, 1.54) is 6.26 Å². The second-order valence-electron chi connectivity index (χ2n) is 5.20. The number of amides is 1. The molecule has 0 bridgehead atoms. The molecule has 0 aromatic carbocycles. The van der Waals surface area contributed by atoms with Gasteiger partial charge in [-0.3, -0.25) is 4.79 Å². The summed E-state index contributed by atoms with van der Waals surface area (Å²) < 4.78 is 6.40. The molecule has 3 heterocycles. The minimum absolute atomic E-state index is 0.0896. The fraction of sp³-hybridized carbons (Fsp3) is 0.357. The van der Waals surface area contributed by atoms with Crippen LogP contribution in [0.3, 0.4) is 0 Å². The van der Waals surface area contributed by atoms with E-state index in [4.69, 9.17) is 4.52 Å². The minimum atomic E-state index is -0.0896. The third-order valence-corrected chi connectivity index (χ3v) is 3.29. The summed E-state index contributed by atoms with van der Waals surface area (Å²) in [6.45, 7) is 4.22. The van der Waals surface area contributed by atoms with E-state index in [2.05, 4.69) is 20.2 Å². The van der Waals surface area contributed by atoms with E-state index in [9.17, 15) is 4.79 Å². The van der Waals surface area contributed by atoms with Gasteiger partial charge in [-0.2, -0.15) is 4.98 Å². The van der Waals surface area contributed by atoms with Crippen LogP contribution in [-0.4, -0.2) is 42.6 Å². The van der Waals surface area contributed by atoms with Crippen LogP contribution in [0.25, 0.3) is 5.78 Å². The molecule has 0 fully saturated rings. The van der Waals surface area contributed by atoms with Crippen molar-refractivity contribution < 1.29 is 9.32 Å². The molecule has 0 radical (unpaired) electrons. The van der Waals surface area contributed by atoms with Crippen molar-refractivity contribution in [1.82, 2.24) is 29.6 Å². The zero-order chi connectivity index (χ0) is 15.7. The van der Waals surface area contributed by atoms with Crippen molar-refractivity contribution in [2.24, 2.45) is 0 Å². The van der Waals surface area contributed by atoms with Gasteiger partial charge in [-0.15, -0.1) is 5.10 Å². The zero-order valence-electron chi connectivity index (χ0n) is 12.6. The molecule has 8 heteroatoms. The minimum Gasteiger partial charge on any atom is -0.364 e. The molecule has 0 saturated carbocycles. The predicted octanol–water partition coefficient (Wildman–Crippen LogP) is 0.930. The fourth-order valence-corrected chi connectivity index (χ4v) is 2.20. The molecule has 0 saturated heterocycles. The van der Waals surface area contributed by atoms with Gasteiger partial charge >= 0.3 is 0 Å². The van der Waals surface area contributed by atoms with E-state index in [1.54, 1.807) is 22.5 Å². The first-order chi connectivity index (χ1) is 10.5. The lowest BCUT2D eigenvalue weighted by Crippen LogP contribution is -2.28. The van der Waals surface area contributed by atoms with Gasteiger partial charge in [-0.05, 0) is 19.9 Å². The highest BCUT2D eigenvalue weighted by Crippen LogP contribution is 2.07. The maximum absolute atomic E-state index is 12.2. The monoisotopic (exact) mass is 300 g/mol. The van der Waals surface area contributed by atoms with Gasteiger partial charge in [0.25, 0.3) is 5.78 Å². The van der Waals surface area contributed by atoms with Crippen LogP contribution < -0.4 is 0 Å². The van der Waals surface area contributed by atoms with Crippen LogP contribution in [0.4, 0.5) is 0 Å². The lowest BCUT2D eigenvalue weighted by atomic mass is 10.3. The normalized spacial score (nSPS) is 11.0. The van der Waals surface area contributed by atoms with Crippen molar-refractivity contribution in [1.29, 1.82) is 0 Å². The Kier molecular flexibility index (Phi) is 3.58. The van der Waals surface area contributed by atoms with Gasteiger partial charge in [-0.1, -0.05) is 5.16 Å². The van der Waals surface area contributed by atoms with Crippen molar-refractivity contribution in [3.8, 4) is 0 Å². The summed E-state index contributed by atoms with van der Waals surface area (Å²) in [7, 11) is 1.71. The first-order valence-electron chi connectivity index (χ1n) is 6.86. The second-order valence-corrected chi connectivity index (χ2v) is 5.20. The van der Waals surface area contributed by atoms with Gasteiger partial charge in [0, 0.05) is 24.5 Å². The topological polar surface area (TPSA) is 89.4 Å². The third-order valence-electron chi connectivity index (χ3n) is 3.29. The summed E-state index contributed by atoms with van der Waals surface area (Å²) in [4.78, 5) is 22.4. The average molecular weight is 300 g/mol. The van der Waals surface area contributed by atoms with Crippen molar-refractivity contribution in [2.75, 3.05) is 7.05 Å². The first-order valence-corrected chi connectivity index (χ1v) is 6.86. The van der Waals surface area contributed by atoms with Crippen LogP contribution in [-0.2, 0) is 17.8 Å². The van der Waals surface area contributed by atoms with Crippen LogP contribution in [0.1, 0.15) is 22.9 Å². The highest BCUT2D eigenvalue weighted by atomic mass is 16.5. The summed E-state index contributed by atoms with van der Waals surface area (Å²) in [5, 5.41) is 8.12. The van der Waals surface area contributed by atoms with E-state index in [0.29, 0.717) is 23.8 Å². The number of rotatable bonds is 4. The number of hydrogen-bond donors (Lipinski definition) is 0. The zero-order valence-corrected chi connectivity index (χ0v) is 12.6. The van der Waals surface area contributed by atoms with E-state index in [1.807, 2.05) is 19.9 Å². The van der Waals surface area contributed by atoms with Gasteiger partial charge in [0.1, 0.15) is 12.0 Å². The number of likely N-dealkylation sites (N-methyl/N-ethyl adjacent to an activating group) is 1. The van der Waals surface area contributed by atoms with Crippen LogP contribution in [0.5, 0.6) is 0 Å². The fourth-order valence-electron chi connectivity index (χ4n) is 2.20. The predicted molar refractivity (Wildman–Crippen MR) is 76.9 cm³/mol. The number of carbonyl (C=O) groups is 1. The first kappa shape index (κ1) is 14.2. The number of nitrogens with zero attached hydrogens (tertiary/aromatic N) is 6. The number of hydrogen-bond acceptors (Lipinski definition) is 6. The van der Waals surface area contributed by atoms with Crippen LogP contribution in [0, 0.1) is 13.8 Å². The lowest BCUT2D eigenvalue weighted by molar-refractivity contribution is -0.129.